The zero-order valence-electron chi connectivity index (χ0n) is 18.8. The molecule has 0 saturated carbocycles. The molecule has 1 fully saturated rings. The minimum Gasteiger partial charge on any atom is -0.494 e. The molecule has 0 bridgehead atoms. The summed E-state index contributed by atoms with van der Waals surface area (Å²) in [4.78, 5) is 14.9. The number of nitrogens with one attached hydrogen (secondary N) is 1. The van der Waals surface area contributed by atoms with E-state index < -0.39 is 5.82 Å². The zero-order chi connectivity index (χ0) is 24.0. The standard InChI is InChI=1S/C25H24F2IN5O/c1-13-7-14(9-15(26)8-13)18-12-30-24(28)21(23(18)33-5-3-17(29)4-6-33)25-31-19-10-16(27)11-20(34-2)22(19)32-25/h7-12,17H,3-6,29H2,1-2H3,(H,31,32). The van der Waals surface area contributed by atoms with Crippen molar-refractivity contribution in [3.05, 3.63) is 57.4 Å². The predicted octanol–water partition coefficient (Wildman–Crippen LogP) is 5.42. The quantitative estimate of drug-likeness (QED) is 0.251. The van der Waals surface area contributed by atoms with Crippen LogP contribution in [0.1, 0.15) is 18.4 Å². The van der Waals surface area contributed by atoms with Gasteiger partial charge in [-0.25, -0.2) is 18.7 Å². The van der Waals surface area contributed by atoms with Gasteiger partial charge in [0.1, 0.15) is 32.4 Å². The second kappa shape index (κ2) is 9.10. The van der Waals surface area contributed by atoms with Gasteiger partial charge in [0, 0.05) is 43.0 Å². The Kier molecular flexibility index (Phi) is 6.15. The third-order valence-corrected chi connectivity index (χ3v) is 7.01. The molecule has 1 aliphatic rings. The monoisotopic (exact) mass is 575 g/mol. The van der Waals surface area contributed by atoms with E-state index in [1.165, 1.54) is 31.4 Å². The molecule has 0 unspecified atom stereocenters. The van der Waals surface area contributed by atoms with Crippen LogP contribution in [0.25, 0.3) is 33.5 Å². The lowest BCUT2D eigenvalue weighted by Crippen LogP contribution is -2.40. The number of rotatable bonds is 4. The van der Waals surface area contributed by atoms with Crippen molar-refractivity contribution in [1.82, 2.24) is 15.0 Å². The smallest absolute Gasteiger partial charge is 0.147 e. The van der Waals surface area contributed by atoms with Crippen LogP contribution in [0, 0.1) is 22.3 Å². The summed E-state index contributed by atoms with van der Waals surface area (Å²) in [6, 6.07) is 7.83. The largest absolute Gasteiger partial charge is 0.494 e. The number of aromatic nitrogens is 3. The molecule has 0 spiro atoms. The van der Waals surface area contributed by atoms with Crippen LogP contribution in [0.3, 0.4) is 0 Å². The van der Waals surface area contributed by atoms with Gasteiger partial charge in [0.15, 0.2) is 0 Å². The van der Waals surface area contributed by atoms with Crippen LogP contribution in [0.5, 0.6) is 5.75 Å². The first-order valence-electron chi connectivity index (χ1n) is 11.0. The van der Waals surface area contributed by atoms with Gasteiger partial charge in [-0.1, -0.05) is 6.07 Å². The van der Waals surface area contributed by atoms with Crippen LogP contribution in [0.4, 0.5) is 14.5 Å². The number of imidazole rings is 1. The van der Waals surface area contributed by atoms with Gasteiger partial charge in [0.25, 0.3) is 0 Å². The van der Waals surface area contributed by atoms with Crippen molar-refractivity contribution in [2.75, 3.05) is 25.1 Å². The first kappa shape index (κ1) is 23.0. The fourth-order valence-corrected chi connectivity index (χ4v) is 5.22. The predicted molar refractivity (Wildman–Crippen MR) is 138 cm³/mol. The van der Waals surface area contributed by atoms with Gasteiger partial charge < -0.3 is 20.4 Å². The zero-order valence-corrected chi connectivity index (χ0v) is 21.0. The van der Waals surface area contributed by atoms with Crippen LogP contribution in [0.2, 0.25) is 0 Å². The van der Waals surface area contributed by atoms with Crippen LogP contribution >= 0.6 is 22.6 Å². The number of piperidine rings is 1. The minimum absolute atomic E-state index is 0.152. The van der Waals surface area contributed by atoms with Crippen molar-refractivity contribution in [3.63, 3.8) is 0 Å². The van der Waals surface area contributed by atoms with Crippen LogP contribution < -0.4 is 15.4 Å². The Morgan fingerprint density at radius 3 is 2.56 bits per heavy atom. The molecule has 4 aromatic rings. The third-order valence-electron chi connectivity index (χ3n) is 6.19. The van der Waals surface area contributed by atoms with Crippen molar-refractivity contribution in [1.29, 1.82) is 0 Å². The van der Waals surface area contributed by atoms with E-state index >= 15 is 0 Å². The number of nitrogens with zero attached hydrogens (tertiary/aromatic N) is 3. The van der Waals surface area contributed by atoms with Gasteiger partial charge in [-0.15, -0.1) is 0 Å². The molecule has 9 heteroatoms. The number of aryl methyl sites for hydroxylation is 1. The van der Waals surface area contributed by atoms with Gasteiger partial charge in [-0.05, 0) is 65.6 Å². The number of nitrogens with two attached hydrogens (primary N) is 1. The van der Waals surface area contributed by atoms with Crippen molar-refractivity contribution in [2.45, 2.75) is 25.8 Å². The highest BCUT2D eigenvalue weighted by Crippen LogP contribution is 2.42. The van der Waals surface area contributed by atoms with E-state index in [9.17, 15) is 8.78 Å². The Labute approximate surface area is 209 Å². The number of halogens is 3. The lowest BCUT2D eigenvalue weighted by molar-refractivity contribution is 0.416. The highest BCUT2D eigenvalue weighted by Gasteiger charge is 2.27. The average Bonchev–Trinajstić information content (AvgIpc) is 3.21. The number of anilines is 1. The van der Waals surface area contributed by atoms with E-state index in [0.29, 0.717) is 22.6 Å². The fraction of sp³-hybridized carbons (Fsp3) is 0.280. The molecule has 2 aromatic carbocycles. The van der Waals surface area contributed by atoms with Crippen molar-refractivity contribution < 1.29 is 13.5 Å². The number of aromatic amines is 1. The lowest BCUT2D eigenvalue weighted by atomic mass is 9.97. The lowest BCUT2D eigenvalue weighted by Gasteiger charge is -2.34. The SMILES string of the molecule is COc1cc(F)cc2nc(-c3c(I)ncc(-c4cc(C)cc(F)c4)c3N3CCC(N)CC3)[nH]c12. The number of H-pyrrole nitrogens is 1. The number of fused-ring (bicyclic) bond motifs is 1. The Morgan fingerprint density at radius 1 is 1.12 bits per heavy atom. The Balaban J connectivity index is 1.77. The number of pyridine rings is 1. The summed E-state index contributed by atoms with van der Waals surface area (Å²) in [5.41, 5.74) is 11.3. The van der Waals surface area contributed by atoms with Gasteiger partial charge in [0.05, 0.1) is 23.9 Å². The molecule has 0 aliphatic carbocycles. The second-order valence-electron chi connectivity index (χ2n) is 8.62. The minimum atomic E-state index is -0.426. The van der Waals surface area contributed by atoms with Crippen molar-refractivity contribution >= 4 is 39.3 Å². The molecule has 0 atom stereocenters. The molecule has 1 aliphatic heterocycles. The molecule has 176 valence electrons. The van der Waals surface area contributed by atoms with E-state index in [0.717, 1.165) is 57.6 Å². The summed E-state index contributed by atoms with van der Waals surface area (Å²) in [6.07, 6.45) is 3.48. The average molecular weight is 575 g/mol. The second-order valence-corrected chi connectivity index (χ2v) is 9.64. The third kappa shape index (κ3) is 4.22. The number of benzene rings is 2. The molecule has 3 N–H and O–H groups in total. The maximum absolute atomic E-state index is 14.4. The van der Waals surface area contributed by atoms with Gasteiger partial charge in [-0.2, -0.15) is 0 Å². The maximum atomic E-state index is 14.4. The first-order valence-corrected chi connectivity index (χ1v) is 12.1. The molecule has 0 radical (unpaired) electrons. The van der Waals surface area contributed by atoms with Gasteiger partial charge in [-0.3, -0.25) is 0 Å². The topological polar surface area (TPSA) is 80.1 Å². The Hall–Kier alpha value is -2.79. The molecule has 3 heterocycles. The highest BCUT2D eigenvalue weighted by atomic mass is 127. The molecule has 2 aromatic heterocycles. The van der Waals surface area contributed by atoms with E-state index in [-0.39, 0.29) is 11.9 Å². The summed E-state index contributed by atoms with van der Waals surface area (Å²) in [5, 5.41) is 0. The number of ether oxygens (including phenoxy) is 1. The molecule has 6 nitrogen and oxygen atoms in total. The summed E-state index contributed by atoms with van der Waals surface area (Å²) >= 11 is 2.19. The van der Waals surface area contributed by atoms with Gasteiger partial charge in [0.2, 0.25) is 0 Å². The molecule has 34 heavy (non-hydrogen) atoms. The maximum Gasteiger partial charge on any atom is 0.147 e. The number of hydrogen-bond acceptors (Lipinski definition) is 5. The number of hydrogen-bond donors (Lipinski definition) is 2. The molecular weight excluding hydrogens is 551 g/mol. The molecule has 5 rings (SSSR count). The van der Waals surface area contributed by atoms with Crippen LogP contribution in [-0.4, -0.2) is 41.2 Å². The van der Waals surface area contributed by atoms with E-state index in [1.807, 2.05) is 13.0 Å². The molecule has 1 saturated heterocycles. The van der Waals surface area contributed by atoms with Crippen LogP contribution in [0.15, 0.2) is 36.5 Å². The molecular formula is C25H24F2IN5O. The first-order chi connectivity index (χ1) is 16.3. The fourth-order valence-electron chi connectivity index (χ4n) is 4.57. The Bertz CT molecular complexity index is 1360. The summed E-state index contributed by atoms with van der Waals surface area (Å²) < 4.78 is 34.6. The summed E-state index contributed by atoms with van der Waals surface area (Å²) in [6.45, 7) is 3.38. The molecule has 0 amide bonds. The van der Waals surface area contributed by atoms with E-state index in [4.69, 9.17) is 15.5 Å². The number of methoxy groups -OCH3 is 1. The van der Waals surface area contributed by atoms with E-state index in [2.05, 4.69) is 37.5 Å². The van der Waals surface area contributed by atoms with Crippen LogP contribution in [-0.2, 0) is 0 Å². The normalized spacial score (nSPS) is 14.7. The summed E-state index contributed by atoms with van der Waals surface area (Å²) in [7, 11) is 1.50. The van der Waals surface area contributed by atoms with E-state index in [1.54, 1.807) is 6.20 Å². The van der Waals surface area contributed by atoms with Gasteiger partial charge >= 0.3 is 0 Å². The van der Waals surface area contributed by atoms with Crippen molar-refractivity contribution in [2.24, 2.45) is 5.73 Å². The summed E-state index contributed by atoms with van der Waals surface area (Å²) in [5.74, 6) is 0.199. The highest BCUT2D eigenvalue weighted by molar-refractivity contribution is 14.1. The van der Waals surface area contributed by atoms with Crippen molar-refractivity contribution in [3.8, 4) is 28.3 Å². The Morgan fingerprint density at radius 2 is 1.85 bits per heavy atom.